The van der Waals surface area contributed by atoms with Gasteiger partial charge < -0.3 is 15.5 Å². The lowest BCUT2D eigenvalue weighted by molar-refractivity contribution is 0.0293. The molecule has 3 N–H and O–H groups in total. The Hall–Kier alpha value is -0.520. The van der Waals surface area contributed by atoms with E-state index in [4.69, 9.17) is 11.6 Å². The first kappa shape index (κ1) is 18.5. The lowest BCUT2D eigenvalue weighted by Gasteiger charge is -2.43. The third kappa shape index (κ3) is 4.02. The normalized spacial score (nSPS) is 18.1. The van der Waals surface area contributed by atoms with E-state index >= 15 is 0 Å². The summed E-state index contributed by atoms with van der Waals surface area (Å²) in [6.07, 6.45) is 0. The minimum absolute atomic E-state index is 0. The zero-order valence-electron chi connectivity index (χ0n) is 12.5. The highest BCUT2D eigenvalue weighted by molar-refractivity contribution is 6.32. The van der Waals surface area contributed by atoms with Gasteiger partial charge in [-0.3, -0.25) is 4.90 Å². The number of hydrogen-bond donors (Lipinski definition) is 3. The fourth-order valence-electron chi connectivity index (χ4n) is 2.89. The van der Waals surface area contributed by atoms with E-state index in [1.54, 1.807) is 6.07 Å². The Labute approximate surface area is 137 Å². The number of nitrogens with one attached hydrogen (secondary N) is 1. The van der Waals surface area contributed by atoms with Crippen LogP contribution in [0.4, 0.5) is 0 Å². The van der Waals surface area contributed by atoms with Crippen molar-refractivity contribution in [3.63, 3.8) is 0 Å². The predicted molar refractivity (Wildman–Crippen MR) is 88.4 cm³/mol. The van der Waals surface area contributed by atoms with Crippen molar-refractivity contribution in [1.82, 2.24) is 10.2 Å². The molecule has 120 valence electrons. The first-order valence-corrected chi connectivity index (χ1v) is 7.38. The standard InChI is InChI=1S/C15H23ClN2O2.ClH/c1-15(2,10-19)14(18-8-6-17-7-9-18)11-4-3-5-12(16)13(11)20;/h3-5,14,17,19-20H,6-10H2,1-2H3;1H/t14-;/m0./s1. The molecule has 0 aliphatic carbocycles. The van der Waals surface area contributed by atoms with Gasteiger partial charge in [0.15, 0.2) is 0 Å². The van der Waals surface area contributed by atoms with Crippen molar-refractivity contribution >= 4 is 24.0 Å². The molecule has 1 fully saturated rings. The van der Waals surface area contributed by atoms with Gasteiger partial charge in [0, 0.05) is 49.8 Å². The summed E-state index contributed by atoms with van der Waals surface area (Å²) < 4.78 is 0. The van der Waals surface area contributed by atoms with E-state index in [1.807, 2.05) is 26.0 Å². The Balaban J connectivity index is 0.00000220. The number of aliphatic hydroxyl groups is 1. The van der Waals surface area contributed by atoms with Crippen LogP contribution in [-0.4, -0.2) is 47.9 Å². The molecule has 1 aromatic rings. The van der Waals surface area contributed by atoms with Gasteiger partial charge in [-0.1, -0.05) is 37.6 Å². The van der Waals surface area contributed by atoms with E-state index in [0.717, 1.165) is 31.7 Å². The molecule has 6 heteroatoms. The third-order valence-electron chi connectivity index (χ3n) is 3.98. The smallest absolute Gasteiger partial charge is 0.138 e. The van der Waals surface area contributed by atoms with Crippen LogP contribution in [0.2, 0.25) is 5.02 Å². The molecule has 2 rings (SSSR count). The number of phenolic OH excluding ortho intramolecular Hbond substituents is 1. The quantitative estimate of drug-likeness (QED) is 0.791. The number of aromatic hydroxyl groups is 1. The van der Waals surface area contributed by atoms with Gasteiger partial charge in [-0.2, -0.15) is 0 Å². The van der Waals surface area contributed by atoms with Crippen LogP contribution in [0.15, 0.2) is 18.2 Å². The number of hydrogen-bond acceptors (Lipinski definition) is 4. The number of para-hydroxylation sites is 1. The molecule has 21 heavy (non-hydrogen) atoms. The number of benzene rings is 1. The largest absolute Gasteiger partial charge is 0.506 e. The van der Waals surface area contributed by atoms with Gasteiger partial charge >= 0.3 is 0 Å². The molecule has 0 unspecified atom stereocenters. The molecule has 1 aromatic carbocycles. The number of halogens is 2. The van der Waals surface area contributed by atoms with Crippen LogP contribution in [0.5, 0.6) is 5.75 Å². The monoisotopic (exact) mass is 334 g/mol. The summed E-state index contributed by atoms with van der Waals surface area (Å²) in [6, 6.07) is 5.36. The first-order chi connectivity index (χ1) is 9.47. The highest BCUT2D eigenvalue weighted by atomic mass is 35.5. The maximum absolute atomic E-state index is 10.3. The summed E-state index contributed by atoms with van der Waals surface area (Å²) >= 11 is 6.05. The molecule has 0 spiro atoms. The molecule has 0 aromatic heterocycles. The summed E-state index contributed by atoms with van der Waals surface area (Å²) in [6.45, 7) is 7.69. The molecular weight excluding hydrogens is 311 g/mol. The Morgan fingerprint density at radius 1 is 1.33 bits per heavy atom. The molecule has 1 heterocycles. The number of rotatable bonds is 4. The van der Waals surface area contributed by atoms with Crippen molar-refractivity contribution in [3.05, 3.63) is 28.8 Å². The lowest BCUT2D eigenvalue weighted by Crippen LogP contribution is -2.49. The molecular formula is C15H24Cl2N2O2. The van der Waals surface area contributed by atoms with Crippen molar-refractivity contribution in [3.8, 4) is 5.75 Å². The fourth-order valence-corrected chi connectivity index (χ4v) is 3.07. The molecule has 4 nitrogen and oxygen atoms in total. The third-order valence-corrected chi connectivity index (χ3v) is 4.28. The van der Waals surface area contributed by atoms with Gasteiger partial charge in [0.2, 0.25) is 0 Å². The summed E-state index contributed by atoms with van der Waals surface area (Å²) in [5, 5.41) is 23.7. The fraction of sp³-hybridized carbons (Fsp3) is 0.600. The average molecular weight is 335 g/mol. The molecule has 1 atom stereocenters. The molecule has 1 aliphatic heterocycles. The van der Waals surface area contributed by atoms with Crippen molar-refractivity contribution in [1.29, 1.82) is 0 Å². The number of piperazine rings is 1. The summed E-state index contributed by atoms with van der Waals surface area (Å²) in [7, 11) is 0. The van der Waals surface area contributed by atoms with E-state index in [0.29, 0.717) is 5.02 Å². The van der Waals surface area contributed by atoms with Gasteiger partial charge in [0.25, 0.3) is 0 Å². The van der Waals surface area contributed by atoms with Crippen molar-refractivity contribution in [2.24, 2.45) is 5.41 Å². The molecule has 0 bridgehead atoms. The topological polar surface area (TPSA) is 55.7 Å². The van der Waals surface area contributed by atoms with Crippen LogP contribution in [0.3, 0.4) is 0 Å². The number of phenols is 1. The predicted octanol–water partition coefficient (Wildman–Crippen LogP) is 2.43. The highest BCUT2D eigenvalue weighted by Crippen LogP contribution is 2.43. The maximum Gasteiger partial charge on any atom is 0.138 e. The molecule has 1 aliphatic rings. The second-order valence-electron chi connectivity index (χ2n) is 6.01. The number of aliphatic hydroxyl groups excluding tert-OH is 1. The highest BCUT2D eigenvalue weighted by Gasteiger charge is 2.37. The molecule has 0 amide bonds. The van der Waals surface area contributed by atoms with Crippen LogP contribution < -0.4 is 5.32 Å². The lowest BCUT2D eigenvalue weighted by atomic mass is 9.79. The van der Waals surface area contributed by atoms with Crippen LogP contribution in [0, 0.1) is 5.41 Å². The first-order valence-electron chi connectivity index (χ1n) is 7.00. The van der Waals surface area contributed by atoms with E-state index in [2.05, 4.69) is 10.2 Å². The van der Waals surface area contributed by atoms with Gasteiger partial charge in [0.05, 0.1) is 5.02 Å². The van der Waals surface area contributed by atoms with E-state index in [-0.39, 0.29) is 36.2 Å². The van der Waals surface area contributed by atoms with Gasteiger partial charge in [-0.05, 0) is 6.07 Å². The summed E-state index contributed by atoms with van der Waals surface area (Å²) in [5.74, 6) is 0.124. The van der Waals surface area contributed by atoms with Crippen molar-refractivity contribution in [2.45, 2.75) is 19.9 Å². The summed E-state index contributed by atoms with van der Waals surface area (Å²) in [4.78, 5) is 2.30. The minimum Gasteiger partial charge on any atom is -0.506 e. The van der Waals surface area contributed by atoms with Crippen molar-refractivity contribution in [2.75, 3.05) is 32.8 Å². The Bertz CT molecular complexity index is 463. The van der Waals surface area contributed by atoms with Crippen LogP contribution >= 0.6 is 24.0 Å². The zero-order valence-corrected chi connectivity index (χ0v) is 14.0. The van der Waals surface area contributed by atoms with Gasteiger partial charge in [-0.15, -0.1) is 12.4 Å². The van der Waals surface area contributed by atoms with Crippen LogP contribution in [-0.2, 0) is 0 Å². The van der Waals surface area contributed by atoms with Crippen LogP contribution in [0.1, 0.15) is 25.5 Å². The summed E-state index contributed by atoms with van der Waals surface area (Å²) in [5.41, 5.74) is 0.429. The SMILES string of the molecule is CC(C)(CO)[C@H](c1cccc(Cl)c1O)N1CCNCC1.Cl. The van der Waals surface area contributed by atoms with E-state index < -0.39 is 0 Å². The van der Waals surface area contributed by atoms with Crippen molar-refractivity contribution < 1.29 is 10.2 Å². The number of nitrogens with zero attached hydrogens (tertiary/aromatic N) is 1. The van der Waals surface area contributed by atoms with Gasteiger partial charge in [-0.25, -0.2) is 0 Å². The second-order valence-corrected chi connectivity index (χ2v) is 6.42. The van der Waals surface area contributed by atoms with Crippen LogP contribution in [0.25, 0.3) is 0 Å². The Morgan fingerprint density at radius 2 is 1.95 bits per heavy atom. The molecule has 0 saturated carbocycles. The Kier molecular flexibility index (Phi) is 6.75. The average Bonchev–Trinajstić information content (AvgIpc) is 2.45. The van der Waals surface area contributed by atoms with E-state index in [9.17, 15) is 10.2 Å². The zero-order chi connectivity index (χ0) is 14.8. The molecule has 0 radical (unpaired) electrons. The second kappa shape index (κ2) is 7.65. The minimum atomic E-state index is -0.362. The van der Waals surface area contributed by atoms with E-state index in [1.165, 1.54) is 0 Å². The molecule has 1 saturated heterocycles. The van der Waals surface area contributed by atoms with Gasteiger partial charge in [0.1, 0.15) is 5.75 Å². The Morgan fingerprint density at radius 3 is 2.52 bits per heavy atom. The maximum atomic E-state index is 10.3.